The van der Waals surface area contributed by atoms with Gasteiger partial charge in [-0.05, 0) is 23.4 Å². The van der Waals surface area contributed by atoms with E-state index < -0.39 is 0 Å². The Bertz CT molecular complexity index is 432. The number of fused-ring (bicyclic) bond motifs is 1. The zero-order valence-electron chi connectivity index (χ0n) is 9.79. The average Bonchev–Trinajstić information content (AvgIpc) is 2.74. The van der Waals surface area contributed by atoms with Gasteiger partial charge in [-0.15, -0.1) is 0 Å². The molecule has 1 aliphatic rings. The van der Waals surface area contributed by atoms with Crippen molar-refractivity contribution in [3.05, 3.63) is 28.3 Å². The Kier molecular flexibility index (Phi) is 4.35. The van der Waals surface area contributed by atoms with Gasteiger partial charge in [0.15, 0.2) is 0 Å². The lowest BCUT2D eigenvalue weighted by molar-refractivity contribution is -0.116. The first-order valence-electron chi connectivity index (χ1n) is 5.74. The smallest absolute Gasteiger partial charge is 0.147 e. The van der Waals surface area contributed by atoms with Crippen molar-refractivity contribution in [1.29, 1.82) is 0 Å². The van der Waals surface area contributed by atoms with E-state index in [1.165, 1.54) is 0 Å². The highest BCUT2D eigenvalue weighted by atomic mass is 35.5. The van der Waals surface area contributed by atoms with Crippen LogP contribution in [0.25, 0.3) is 0 Å². The fraction of sp³-hybridized carbons (Fsp3) is 0.462. The Hall–Kier alpha value is -0.670. The van der Waals surface area contributed by atoms with Gasteiger partial charge in [0.1, 0.15) is 11.5 Å². The lowest BCUT2D eigenvalue weighted by Crippen LogP contribution is -2.07. The zero-order valence-corrected chi connectivity index (χ0v) is 11.4. The van der Waals surface area contributed by atoms with Gasteiger partial charge in [0, 0.05) is 23.4 Å². The van der Waals surface area contributed by atoms with E-state index in [1.807, 2.05) is 12.1 Å². The fourth-order valence-corrected chi connectivity index (χ4v) is 2.75. The molecular formula is C13H15ClO2S. The van der Waals surface area contributed by atoms with Crippen molar-refractivity contribution in [1.82, 2.24) is 0 Å². The van der Waals surface area contributed by atoms with Crippen LogP contribution in [0.5, 0.6) is 5.75 Å². The number of halogens is 1. The number of carbonyl (C=O) groups excluding carboxylic acids is 1. The molecular weight excluding hydrogens is 256 g/mol. The van der Waals surface area contributed by atoms with Crippen LogP contribution < -0.4 is 4.74 Å². The largest absolute Gasteiger partial charge is 0.493 e. The van der Waals surface area contributed by atoms with Gasteiger partial charge in [0.05, 0.1) is 12.4 Å². The highest BCUT2D eigenvalue weighted by molar-refractivity contribution is 7.99. The van der Waals surface area contributed by atoms with E-state index in [1.54, 1.807) is 11.8 Å². The van der Waals surface area contributed by atoms with Gasteiger partial charge in [-0.1, -0.05) is 18.5 Å². The number of carbonyl (C=O) groups is 1. The van der Waals surface area contributed by atoms with Gasteiger partial charge < -0.3 is 4.74 Å². The molecule has 1 heterocycles. The van der Waals surface area contributed by atoms with Crippen LogP contribution in [0.2, 0.25) is 5.02 Å². The first kappa shape index (κ1) is 12.8. The SMILES string of the molecule is CCSCC(=O)Cc1cc(Cl)cc2c1OCC2. The van der Waals surface area contributed by atoms with Crippen LogP contribution in [0.15, 0.2) is 12.1 Å². The van der Waals surface area contributed by atoms with Crippen LogP contribution >= 0.6 is 23.4 Å². The molecule has 0 unspecified atom stereocenters. The Balaban J connectivity index is 2.13. The summed E-state index contributed by atoms with van der Waals surface area (Å²) in [6.45, 7) is 2.75. The summed E-state index contributed by atoms with van der Waals surface area (Å²) >= 11 is 7.69. The van der Waals surface area contributed by atoms with Crippen molar-refractivity contribution in [2.75, 3.05) is 18.1 Å². The second-order valence-corrected chi connectivity index (χ2v) is 5.71. The molecule has 2 nitrogen and oxygen atoms in total. The van der Waals surface area contributed by atoms with Crippen molar-refractivity contribution in [2.24, 2.45) is 0 Å². The predicted octanol–water partition coefficient (Wildman–Crippen LogP) is 3.14. The van der Waals surface area contributed by atoms with Crippen LogP contribution in [0.4, 0.5) is 0 Å². The maximum absolute atomic E-state index is 11.8. The Morgan fingerprint density at radius 1 is 1.53 bits per heavy atom. The summed E-state index contributed by atoms with van der Waals surface area (Å²) in [5, 5.41) is 0.695. The highest BCUT2D eigenvalue weighted by Crippen LogP contribution is 2.33. The third-order valence-electron chi connectivity index (χ3n) is 2.68. The molecule has 0 saturated carbocycles. The number of thioether (sulfide) groups is 1. The van der Waals surface area contributed by atoms with Crippen molar-refractivity contribution in [3.63, 3.8) is 0 Å². The summed E-state index contributed by atoms with van der Waals surface area (Å²) in [4.78, 5) is 11.8. The lowest BCUT2D eigenvalue weighted by Gasteiger charge is -2.08. The van der Waals surface area contributed by atoms with E-state index in [-0.39, 0.29) is 5.78 Å². The molecule has 1 aliphatic heterocycles. The maximum atomic E-state index is 11.8. The number of ketones is 1. The normalized spacial score (nSPS) is 13.3. The Morgan fingerprint density at radius 3 is 3.12 bits per heavy atom. The number of benzene rings is 1. The summed E-state index contributed by atoms with van der Waals surface area (Å²) in [6, 6.07) is 3.78. The topological polar surface area (TPSA) is 26.3 Å². The van der Waals surface area contributed by atoms with E-state index in [9.17, 15) is 4.79 Å². The van der Waals surface area contributed by atoms with Crippen molar-refractivity contribution in [3.8, 4) is 5.75 Å². The number of hydrogen-bond acceptors (Lipinski definition) is 3. The molecule has 0 amide bonds. The van der Waals surface area contributed by atoms with Gasteiger partial charge in [-0.2, -0.15) is 11.8 Å². The molecule has 0 N–H and O–H groups in total. The minimum Gasteiger partial charge on any atom is -0.493 e. The first-order valence-corrected chi connectivity index (χ1v) is 7.27. The predicted molar refractivity (Wildman–Crippen MR) is 72.4 cm³/mol. The van der Waals surface area contributed by atoms with E-state index in [0.717, 1.165) is 29.1 Å². The summed E-state index contributed by atoms with van der Waals surface area (Å²) in [5.74, 6) is 2.65. The molecule has 1 aromatic carbocycles. The summed E-state index contributed by atoms with van der Waals surface area (Å²) in [5.41, 5.74) is 2.06. The van der Waals surface area contributed by atoms with E-state index in [4.69, 9.17) is 16.3 Å². The van der Waals surface area contributed by atoms with Gasteiger partial charge in [0.25, 0.3) is 0 Å². The second kappa shape index (κ2) is 5.78. The van der Waals surface area contributed by atoms with Crippen molar-refractivity contribution in [2.45, 2.75) is 19.8 Å². The molecule has 0 spiro atoms. The fourth-order valence-electron chi connectivity index (χ4n) is 1.96. The minimum absolute atomic E-state index is 0.233. The van der Waals surface area contributed by atoms with Crippen LogP contribution in [0.1, 0.15) is 18.1 Å². The summed E-state index contributed by atoms with van der Waals surface area (Å²) < 4.78 is 5.57. The van der Waals surface area contributed by atoms with Crippen LogP contribution in [-0.2, 0) is 17.6 Å². The van der Waals surface area contributed by atoms with Gasteiger partial charge in [-0.3, -0.25) is 4.79 Å². The van der Waals surface area contributed by atoms with Crippen LogP contribution in [0.3, 0.4) is 0 Å². The third kappa shape index (κ3) is 3.17. The number of Topliss-reactive ketones (excluding diaryl/α,β-unsaturated/α-hetero) is 1. The van der Waals surface area contributed by atoms with Crippen LogP contribution in [-0.4, -0.2) is 23.9 Å². The quantitative estimate of drug-likeness (QED) is 0.822. The lowest BCUT2D eigenvalue weighted by atomic mass is 10.0. The molecule has 0 bridgehead atoms. The molecule has 4 heteroatoms. The molecule has 0 aliphatic carbocycles. The first-order chi connectivity index (χ1) is 8.20. The average molecular weight is 271 g/mol. The molecule has 92 valence electrons. The summed E-state index contributed by atoms with van der Waals surface area (Å²) in [6.07, 6.45) is 1.32. The van der Waals surface area contributed by atoms with Crippen molar-refractivity contribution < 1.29 is 9.53 Å². The zero-order chi connectivity index (χ0) is 12.3. The maximum Gasteiger partial charge on any atom is 0.147 e. The van der Waals surface area contributed by atoms with E-state index in [0.29, 0.717) is 23.8 Å². The molecule has 0 atom stereocenters. The highest BCUT2D eigenvalue weighted by Gasteiger charge is 2.19. The molecule has 2 rings (SSSR count). The van der Waals surface area contributed by atoms with E-state index in [2.05, 4.69) is 6.92 Å². The number of ether oxygens (including phenoxy) is 1. The Morgan fingerprint density at radius 2 is 2.35 bits per heavy atom. The van der Waals surface area contributed by atoms with Crippen molar-refractivity contribution >= 4 is 29.1 Å². The molecule has 0 saturated heterocycles. The number of rotatable bonds is 5. The molecule has 0 fully saturated rings. The monoisotopic (exact) mass is 270 g/mol. The third-order valence-corrected chi connectivity index (χ3v) is 3.83. The molecule has 17 heavy (non-hydrogen) atoms. The number of hydrogen-bond donors (Lipinski definition) is 0. The Labute approximate surface area is 111 Å². The standard InChI is InChI=1S/C13H15ClO2S/c1-2-17-8-12(15)7-10-6-11(14)5-9-3-4-16-13(9)10/h5-6H,2-4,7-8H2,1H3. The molecule has 0 radical (unpaired) electrons. The van der Waals surface area contributed by atoms with Gasteiger partial charge in [0.2, 0.25) is 0 Å². The molecule has 1 aromatic rings. The summed E-state index contributed by atoms with van der Waals surface area (Å²) in [7, 11) is 0. The minimum atomic E-state index is 0.233. The second-order valence-electron chi connectivity index (χ2n) is 4.00. The molecule has 0 aromatic heterocycles. The van der Waals surface area contributed by atoms with Crippen LogP contribution in [0, 0.1) is 0 Å². The van der Waals surface area contributed by atoms with E-state index >= 15 is 0 Å². The van der Waals surface area contributed by atoms with Gasteiger partial charge >= 0.3 is 0 Å². The van der Waals surface area contributed by atoms with Gasteiger partial charge in [-0.25, -0.2) is 0 Å².